The van der Waals surface area contributed by atoms with Crippen LogP contribution in [-0.2, 0) is 4.74 Å². The second kappa shape index (κ2) is 6.06. The molecule has 0 radical (unpaired) electrons. The molecule has 2 atom stereocenters. The van der Waals surface area contributed by atoms with Crippen LogP contribution < -0.4 is 11.5 Å². The van der Waals surface area contributed by atoms with Gasteiger partial charge in [0.05, 0.1) is 0 Å². The van der Waals surface area contributed by atoms with Crippen molar-refractivity contribution in [1.29, 1.82) is 5.41 Å². The van der Waals surface area contributed by atoms with E-state index in [0.717, 1.165) is 25.8 Å². The number of nitrogens with zero attached hydrogens (tertiary/aromatic N) is 1. The van der Waals surface area contributed by atoms with Crippen LogP contribution in [-0.4, -0.2) is 36.3 Å². The fourth-order valence-electron chi connectivity index (χ4n) is 1.89. The number of rotatable bonds is 4. The molecule has 0 aliphatic carbocycles. The Morgan fingerprint density at radius 3 is 2.81 bits per heavy atom. The molecule has 0 aromatic rings. The summed E-state index contributed by atoms with van der Waals surface area (Å²) < 4.78 is 5.76. The molecule has 1 saturated heterocycles. The number of hydrogen-bond donors (Lipinski definition) is 3. The molecule has 1 aliphatic heterocycles. The molecule has 0 spiro atoms. The van der Waals surface area contributed by atoms with Crippen LogP contribution in [0.3, 0.4) is 0 Å². The maximum atomic E-state index is 7.50. The minimum absolute atomic E-state index is 0.0372. The first-order valence-electron chi connectivity index (χ1n) is 6.00. The summed E-state index contributed by atoms with van der Waals surface area (Å²) in [4.78, 5) is 1.76. The fraction of sp³-hybridized carbons (Fsp3) is 0.909. The van der Waals surface area contributed by atoms with Crippen molar-refractivity contribution in [3.63, 3.8) is 0 Å². The molecular formula is C11H24N4O. The molecule has 1 aliphatic rings. The van der Waals surface area contributed by atoms with Gasteiger partial charge in [0, 0.05) is 19.2 Å². The zero-order valence-electron chi connectivity index (χ0n) is 10.3. The van der Waals surface area contributed by atoms with Crippen molar-refractivity contribution in [1.82, 2.24) is 4.90 Å². The zero-order chi connectivity index (χ0) is 12.1. The summed E-state index contributed by atoms with van der Waals surface area (Å²) in [7, 11) is 0. The Labute approximate surface area is 97.6 Å². The number of likely N-dealkylation sites (tertiary alicyclic amines) is 1. The molecule has 5 heteroatoms. The Balaban J connectivity index is 2.47. The van der Waals surface area contributed by atoms with Crippen LogP contribution in [0.25, 0.3) is 0 Å². The van der Waals surface area contributed by atoms with Crippen molar-refractivity contribution in [2.75, 3.05) is 13.2 Å². The lowest BCUT2D eigenvalue weighted by Gasteiger charge is -2.39. The maximum absolute atomic E-state index is 7.50. The Bertz CT molecular complexity index is 232. The Morgan fingerprint density at radius 1 is 1.56 bits per heavy atom. The van der Waals surface area contributed by atoms with Gasteiger partial charge in [-0.25, -0.2) is 0 Å². The van der Waals surface area contributed by atoms with E-state index in [1.54, 1.807) is 4.90 Å². The second-order valence-electron chi connectivity index (χ2n) is 4.83. The molecule has 0 bridgehead atoms. The second-order valence-corrected chi connectivity index (χ2v) is 4.83. The third-order valence-corrected chi connectivity index (χ3v) is 2.90. The first kappa shape index (κ1) is 13.3. The van der Waals surface area contributed by atoms with Crippen molar-refractivity contribution < 1.29 is 4.74 Å². The van der Waals surface area contributed by atoms with Gasteiger partial charge in [0.2, 0.25) is 0 Å². The lowest BCUT2D eigenvalue weighted by molar-refractivity contribution is -0.0622. The van der Waals surface area contributed by atoms with E-state index >= 15 is 0 Å². The van der Waals surface area contributed by atoms with Crippen molar-refractivity contribution in [2.24, 2.45) is 17.4 Å². The van der Waals surface area contributed by atoms with Crippen LogP contribution in [0.4, 0.5) is 0 Å². The lowest BCUT2D eigenvalue weighted by Crippen LogP contribution is -2.57. The minimum Gasteiger partial charge on any atom is -0.370 e. The summed E-state index contributed by atoms with van der Waals surface area (Å²) in [5.74, 6) is 0.676. The number of ether oxygens (including phenoxy) is 1. The van der Waals surface area contributed by atoms with Crippen molar-refractivity contribution in [2.45, 2.75) is 45.4 Å². The predicted octanol–water partition coefficient (Wildman–Crippen LogP) is 0.692. The molecule has 0 saturated carbocycles. The highest BCUT2D eigenvalue weighted by molar-refractivity contribution is 5.75. The van der Waals surface area contributed by atoms with Gasteiger partial charge in [-0.05, 0) is 25.2 Å². The average Bonchev–Trinajstić information content (AvgIpc) is 2.19. The van der Waals surface area contributed by atoms with E-state index < -0.39 is 0 Å². The molecule has 1 heterocycles. The smallest absolute Gasteiger partial charge is 0.190 e. The van der Waals surface area contributed by atoms with E-state index in [1.165, 1.54) is 0 Å². The summed E-state index contributed by atoms with van der Waals surface area (Å²) in [5, 5.41) is 7.50. The van der Waals surface area contributed by atoms with Gasteiger partial charge in [-0.15, -0.1) is 0 Å². The quantitative estimate of drug-likeness (QED) is 0.488. The Hall–Kier alpha value is -0.810. The number of hydrogen-bond acceptors (Lipinski definition) is 3. The van der Waals surface area contributed by atoms with Gasteiger partial charge in [0.1, 0.15) is 6.23 Å². The molecule has 1 rings (SSSR count). The summed E-state index contributed by atoms with van der Waals surface area (Å²) >= 11 is 0. The van der Waals surface area contributed by atoms with Crippen LogP contribution in [0.1, 0.15) is 33.1 Å². The monoisotopic (exact) mass is 228 g/mol. The highest BCUT2D eigenvalue weighted by Gasteiger charge is 2.30. The summed E-state index contributed by atoms with van der Waals surface area (Å²) in [6.07, 6.45) is 2.71. The highest BCUT2D eigenvalue weighted by atomic mass is 16.5. The van der Waals surface area contributed by atoms with Gasteiger partial charge in [-0.3, -0.25) is 5.41 Å². The normalized spacial score (nSPS) is 26.1. The summed E-state index contributed by atoms with van der Waals surface area (Å²) in [6.45, 7) is 5.77. The first-order valence-corrected chi connectivity index (χ1v) is 6.00. The lowest BCUT2D eigenvalue weighted by atomic mass is 10.0. The average molecular weight is 228 g/mol. The molecule has 5 N–H and O–H groups in total. The molecular weight excluding hydrogens is 204 g/mol. The van der Waals surface area contributed by atoms with E-state index in [9.17, 15) is 0 Å². The largest absolute Gasteiger partial charge is 0.370 e. The first-order chi connectivity index (χ1) is 7.52. The summed E-state index contributed by atoms with van der Waals surface area (Å²) in [6, 6.07) is -0.0372. The van der Waals surface area contributed by atoms with Crippen LogP contribution >= 0.6 is 0 Å². The van der Waals surface area contributed by atoms with E-state index in [1.807, 2.05) is 0 Å². The molecule has 0 aromatic carbocycles. The Kier molecular flexibility index (Phi) is 5.02. The minimum atomic E-state index is -0.218. The third-order valence-electron chi connectivity index (χ3n) is 2.90. The fourth-order valence-corrected chi connectivity index (χ4v) is 1.89. The van der Waals surface area contributed by atoms with Gasteiger partial charge < -0.3 is 21.1 Å². The van der Waals surface area contributed by atoms with Crippen molar-refractivity contribution >= 4 is 5.96 Å². The number of nitrogens with two attached hydrogens (primary N) is 2. The molecule has 0 unspecified atom stereocenters. The van der Waals surface area contributed by atoms with Crippen molar-refractivity contribution in [3.8, 4) is 0 Å². The van der Waals surface area contributed by atoms with E-state index in [0.29, 0.717) is 12.5 Å². The van der Waals surface area contributed by atoms with Gasteiger partial charge in [0.15, 0.2) is 5.96 Å². The van der Waals surface area contributed by atoms with E-state index in [4.69, 9.17) is 21.6 Å². The van der Waals surface area contributed by atoms with Crippen LogP contribution in [0, 0.1) is 11.3 Å². The highest BCUT2D eigenvalue weighted by Crippen LogP contribution is 2.17. The summed E-state index contributed by atoms with van der Waals surface area (Å²) in [5.41, 5.74) is 11.5. The van der Waals surface area contributed by atoms with Crippen molar-refractivity contribution in [3.05, 3.63) is 0 Å². The van der Waals surface area contributed by atoms with Gasteiger partial charge >= 0.3 is 0 Å². The van der Waals surface area contributed by atoms with Gasteiger partial charge in [-0.2, -0.15) is 0 Å². The van der Waals surface area contributed by atoms with E-state index in [2.05, 4.69) is 13.8 Å². The van der Waals surface area contributed by atoms with Gasteiger partial charge in [0.25, 0.3) is 0 Å². The van der Waals surface area contributed by atoms with Crippen LogP contribution in [0.5, 0.6) is 0 Å². The predicted molar refractivity (Wildman–Crippen MR) is 65.0 cm³/mol. The third kappa shape index (κ3) is 3.64. The van der Waals surface area contributed by atoms with E-state index in [-0.39, 0.29) is 18.2 Å². The standard InChI is InChI=1S/C11H24N4O/c1-8(2)5-7-16-10-9(12)4-3-6-15(10)11(13)14/h8-10H,3-7,12H2,1-2H3,(H3,13,14)/t9-,10-/m0/s1. The van der Waals surface area contributed by atoms with Crippen LogP contribution in [0.2, 0.25) is 0 Å². The number of guanidine groups is 1. The molecule has 1 fully saturated rings. The maximum Gasteiger partial charge on any atom is 0.190 e. The molecule has 16 heavy (non-hydrogen) atoms. The van der Waals surface area contributed by atoms with Gasteiger partial charge in [-0.1, -0.05) is 13.8 Å². The zero-order valence-corrected chi connectivity index (χ0v) is 10.3. The SMILES string of the molecule is CC(C)CCO[C@H]1[C@@H](N)CCCN1C(=N)N. The Morgan fingerprint density at radius 2 is 2.25 bits per heavy atom. The molecule has 5 nitrogen and oxygen atoms in total. The number of piperidine rings is 1. The number of nitrogens with one attached hydrogen (secondary N) is 1. The molecule has 0 amide bonds. The molecule has 0 aromatic heterocycles. The molecule has 94 valence electrons. The topological polar surface area (TPSA) is 88.4 Å². The van der Waals surface area contributed by atoms with Crippen LogP contribution in [0.15, 0.2) is 0 Å².